The Hall–Kier alpha value is -2.35. The molecular weight excluding hydrogens is 212 g/mol. The number of carbonyl (C=O) groups excluding carboxylic acids is 1. The maximum Gasteiger partial charge on any atom is 0.196 e. The molecule has 1 N–H and O–H groups in total. The molecule has 0 heterocycles. The van der Waals surface area contributed by atoms with Gasteiger partial charge in [0.2, 0.25) is 0 Å². The van der Waals surface area contributed by atoms with Gasteiger partial charge in [0.15, 0.2) is 5.78 Å². The van der Waals surface area contributed by atoms with Crippen LogP contribution < -0.4 is 0 Å². The smallest absolute Gasteiger partial charge is 0.196 e. The largest absolute Gasteiger partial charge is 0.507 e. The molecule has 0 amide bonds. The van der Waals surface area contributed by atoms with Crippen molar-refractivity contribution in [2.75, 3.05) is 0 Å². The highest BCUT2D eigenvalue weighted by Crippen LogP contribution is 2.20. The van der Waals surface area contributed by atoms with Crippen LogP contribution in [0.1, 0.15) is 21.5 Å². The highest BCUT2D eigenvalue weighted by molar-refractivity contribution is 6.10. The fourth-order valence-electron chi connectivity index (χ4n) is 1.59. The Balaban J connectivity index is 2.37. The summed E-state index contributed by atoms with van der Waals surface area (Å²) in [7, 11) is 0. The molecule has 2 heteroatoms. The SMILES string of the molecule is C=Cc1ccc(C(=O)c2ccccc2O)cc1. The van der Waals surface area contributed by atoms with Crippen LogP contribution in [0.5, 0.6) is 5.75 Å². The lowest BCUT2D eigenvalue weighted by atomic mass is 10.0. The first-order valence-electron chi connectivity index (χ1n) is 5.27. The van der Waals surface area contributed by atoms with E-state index in [-0.39, 0.29) is 11.5 Å². The summed E-state index contributed by atoms with van der Waals surface area (Å²) < 4.78 is 0. The zero-order chi connectivity index (χ0) is 12.3. The van der Waals surface area contributed by atoms with Crippen LogP contribution in [0.4, 0.5) is 0 Å². The Morgan fingerprint density at radius 2 is 1.71 bits per heavy atom. The van der Waals surface area contributed by atoms with E-state index in [1.807, 2.05) is 12.1 Å². The Labute approximate surface area is 99.8 Å². The third-order valence-electron chi connectivity index (χ3n) is 2.56. The van der Waals surface area contributed by atoms with Crippen LogP contribution >= 0.6 is 0 Å². The molecule has 0 saturated heterocycles. The molecule has 0 spiro atoms. The Bertz CT molecular complexity index is 553. The van der Waals surface area contributed by atoms with E-state index in [1.54, 1.807) is 36.4 Å². The van der Waals surface area contributed by atoms with Gasteiger partial charge in [0.25, 0.3) is 0 Å². The molecule has 84 valence electrons. The molecule has 0 bridgehead atoms. The number of hydrogen-bond donors (Lipinski definition) is 1. The molecule has 2 rings (SSSR count). The molecule has 0 aliphatic carbocycles. The summed E-state index contributed by atoms with van der Waals surface area (Å²) in [6.45, 7) is 3.65. The van der Waals surface area contributed by atoms with Crippen molar-refractivity contribution in [3.8, 4) is 5.75 Å². The molecule has 0 atom stereocenters. The fraction of sp³-hybridized carbons (Fsp3) is 0. The van der Waals surface area contributed by atoms with Gasteiger partial charge < -0.3 is 5.11 Å². The molecule has 0 saturated carbocycles. The second-order valence-corrected chi connectivity index (χ2v) is 3.67. The molecule has 0 fully saturated rings. The van der Waals surface area contributed by atoms with Crippen molar-refractivity contribution < 1.29 is 9.90 Å². The predicted molar refractivity (Wildman–Crippen MR) is 68.1 cm³/mol. The third-order valence-corrected chi connectivity index (χ3v) is 2.56. The summed E-state index contributed by atoms with van der Waals surface area (Å²) in [5, 5.41) is 9.61. The van der Waals surface area contributed by atoms with E-state index in [2.05, 4.69) is 6.58 Å². The van der Waals surface area contributed by atoms with Crippen LogP contribution in [-0.2, 0) is 0 Å². The summed E-state index contributed by atoms with van der Waals surface area (Å²) in [5.74, 6) is -0.177. The van der Waals surface area contributed by atoms with E-state index >= 15 is 0 Å². The molecule has 0 aliphatic rings. The number of aromatic hydroxyl groups is 1. The van der Waals surface area contributed by atoms with Gasteiger partial charge in [-0.15, -0.1) is 0 Å². The van der Waals surface area contributed by atoms with Gasteiger partial charge in [-0.3, -0.25) is 4.79 Å². The first kappa shape index (κ1) is 11.1. The minimum atomic E-state index is -0.182. The number of ketones is 1. The van der Waals surface area contributed by atoms with Crippen molar-refractivity contribution in [1.29, 1.82) is 0 Å². The molecule has 17 heavy (non-hydrogen) atoms. The lowest BCUT2D eigenvalue weighted by Crippen LogP contribution is -2.01. The highest BCUT2D eigenvalue weighted by atomic mass is 16.3. The minimum Gasteiger partial charge on any atom is -0.507 e. The van der Waals surface area contributed by atoms with E-state index < -0.39 is 0 Å². The van der Waals surface area contributed by atoms with Crippen LogP contribution in [-0.4, -0.2) is 10.9 Å². The minimum absolute atomic E-state index is 0.00490. The quantitative estimate of drug-likeness (QED) is 0.812. The number of hydrogen-bond acceptors (Lipinski definition) is 2. The number of carbonyl (C=O) groups is 1. The molecule has 2 nitrogen and oxygen atoms in total. The van der Waals surface area contributed by atoms with Crippen LogP contribution in [0.2, 0.25) is 0 Å². The summed E-state index contributed by atoms with van der Waals surface area (Å²) in [5.41, 5.74) is 1.83. The number of benzene rings is 2. The summed E-state index contributed by atoms with van der Waals surface area (Å²) in [6, 6.07) is 13.6. The molecule has 2 aromatic rings. The Morgan fingerprint density at radius 1 is 1.06 bits per heavy atom. The average Bonchev–Trinajstić information content (AvgIpc) is 2.39. The monoisotopic (exact) mass is 224 g/mol. The fourth-order valence-corrected chi connectivity index (χ4v) is 1.59. The third kappa shape index (κ3) is 2.26. The zero-order valence-electron chi connectivity index (χ0n) is 9.26. The average molecular weight is 224 g/mol. The highest BCUT2D eigenvalue weighted by Gasteiger charge is 2.12. The van der Waals surface area contributed by atoms with E-state index in [9.17, 15) is 9.90 Å². The van der Waals surface area contributed by atoms with E-state index in [1.165, 1.54) is 6.07 Å². The molecule has 0 radical (unpaired) electrons. The Kier molecular flexibility index (Phi) is 3.06. The van der Waals surface area contributed by atoms with Crippen molar-refractivity contribution >= 4 is 11.9 Å². The number of phenolic OH excluding ortho intramolecular Hbond substituents is 1. The summed E-state index contributed by atoms with van der Waals surface area (Å²) in [4.78, 5) is 12.1. The van der Waals surface area contributed by atoms with Gasteiger partial charge >= 0.3 is 0 Å². The lowest BCUT2D eigenvalue weighted by molar-refractivity contribution is 0.103. The van der Waals surface area contributed by atoms with Crippen molar-refractivity contribution in [1.82, 2.24) is 0 Å². The van der Waals surface area contributed by atoms with Gasteiger partial charge in [-0.05, 0) is 17.7 Å². The molecule has 2 aromatic carbocycles. The number of rotatable bonds is 3. The standard InChI is InChI=1S/C15H12O2/c1-2-11-7-9-12(10-8-11)15(17)13-5-3-4-6-14(13)16/h2-10,16H,1H2. The van der Waals surface area contributed by atoms with Gasteiger partial charge in [0, 0.05) is 5.56 Å². The first-order chi connectivity index (χ1) is 8.22. The van der Waals surface area contributed by atoms with E-state index in [0.29, 0.717) is 11.1 Å². The van der Waals surface area contributed by atoms with Crippen molar-refractivity contribution in [3.63, 3.8) is 0 Å². The molecular formula is C15H12O2. The second-order valence-electron chi connectivity index (χ2n) is 3.67. The number of phenols is 1. The van der Waals surface area contributed by atoms with E-state index in [0.717, 1.165) is 5.56 Å². The summed E-state index contributed by atoms with van der Waals surface area (Å²) in [6.07, 6.45) is 1.72. The second kappa shape index (κ2) is 4.66. The molecule has 0 unspecified atom stereocenters. The van der Waals surface area contributed by atoms with E-state index in [4.69, 9.17) is 0 Å². The van der Waals surface area contributed by atoms with Crippen molar-refractivity contribution in [2.45, 2.75) is 0 Å². The maximum absolute atomic E-state index is 12.1. The van der Waals surface area contributed by atoms with Crippen LogP contribution in [0.25, 0.3) is 6.08 Å². The predicted octanol–water partition coefficient (Wildman–Crippen LogP) is 3.27. The maximum atomic E-state index is 12.1. The van der Waals surface area contributed by atoms with Crippen molar-refractivity contribution in [3.05, 3.63) is 71.8 Å². The van der Waals surface area contributed by atoms with Gasteiger partial charge in [0.05, 0.1) is 5.56 Å². The molecule has 0 aromatic heterocycles. The van der Waals surface area contributed by atoms with Gasteiger partial charge in [-0.2, -0.15) is 0 Å². The van der Waals surface area contributed by atoms with Gasteiger partial charge in [0.1, 0.15) is 5.75 Å². The van der Waals surface area contributed by atoms with Crippen LogP contribution in [0, 0.1) is 0 Å². The first-order valence-corrected chi connectivity index (χ1v) is 5.27. The topological polar surface area (TPSA) is 37.3 Å². The van der Waals surface area contributed by atoms with Crippen LogP contribution in [0.3, 0.4) is 0 Å². The Morgan fingerprint density at radius 3 is 2.29 bits per heavy atom. The van der Waals surface area contributed by atoms with Gasteiger partial charge in [-0.25, -0.2) is 0 Å². The lowest BCUT2D eigenvalue weighted by Gasteiger charge is -2.03. The van der Waals surface area contributed by atoms with Crippen molar-refractivity contribution in [2.24, 2.45) is 0 Å². The zero-order valence-corrected chi connectivity index (χ0v) is 9.26. The van der Waals surface area contributed by atoms with Crippen LogP contribution in [0.15, 0.2) is 55.1 Å². The normalized spacial score (nSPS) is 9.88. The number of para-hydroxylation sites is 1. The summed E-state index contributed by atoms with van der Waals surface area (Å²) >= 11 is 0. The van der Waals surface area contributed by atoms with Gasteiger partial charge in [-0.1, -0.05) is 49.1 Å². The molecule has 0 aliphatic heterocycles.